The molecule has 0 bridgehead atoms. The Morgan fingerprint density at radius 2 is 2.00 bits per heavy atom. The van der Waals surface area contributed by atoms with Gasteiger partial charge in [0.25, 0.3) is 0 Å². The van der Waals surface area contributed by atoms with E-state index in [9.17, 15) is 9.90 Å². The third-order valence-electron chi connectivity index (χ3n) is 3.58. The molecule has 21 heavy (non-hydrogen) atoms. The minimum Gasteiger partial charge on any atom is -0.408 e. The predicted octanol–water partition coefficient (Wildman–Crippen LogP) is 3.28. The zero-order chi connectivity index (χ0) is 15.1. The van der Waals surface area contributed by atoms with Crippen LogP contribution in [0.2, 0.25) is 0 Å². The van der Waals surface area contributed by atoms with E-state index in [0.717, 1.165) is 15.6 Å². The van der Waals surface area contributed by atoms with E-state index in [-0.39, 0.29) is 0 Å². The Balaban J connectivity index is 2.09. The number of nitrogens with zero attached hydrogens (tertiary/aromatic N) is 1. The summed E-state index contributed by atoms with van der Waals surface area (Å²) in [5.41, 5.74) is 3.75. The third-order valence-corrected chi connectivity index (χ3v) is 4.27. The van der Waals surface area contributed by atoms with Crippen LogP contribution in [0.25, 0.3) is 11.1 Å². The summed E-state index contributed by atoms with van der Waals surface area (Å²) in [6, 6.07) is 11.1. The van der Waals surface area contributed by atoms with Gasteiger partial charge in [-0.05, 0) is 41.8 Å². The van der Waals surface area contributed by atoms with Crippen molar-refractivity contribution in [3.63, 3.8) is 0 Å². The average molecular weight is 348 g/mol. The molecule has 1 unspecified atom stereocenters. The van der Waals surface area contributed by atoms with Gasteiger partial charge in [-0.25, -0.2) is 4.79 Å². The second-order valence-corrected chi connectivity index (χ2v) is 5.94. The highest BCUT2D eigenvalue weighted by atomic mass is 79.9. The largest absolute Gasteiger partial charge is 0.419 e. The summed E-state index contributed by atoms with van der Waals surface area (Å²) in [6.45, 7) is 1.99. The van der Waals surface area contributed by atoms with E-state index >= 15 is 0 Å². The van der Waals surface area contributed by atoms with Crippen molar-refractivity contribution >= 4 is 27.0 Å². The van der Waals surface area contributed by atoms with Crippen LogP contribution >= 0.6 is 15.9 Å². The Hall–Kier alpha value is -1.85. The second-order valence-electron chi connectivity index (χ2n) is 5.08. The number of oxazole rings is 1. The molecule has 0 saturated heterocycles. The van der Waals surface area contributed by atoms with Gasteiger partial charge in [-0.15, -0.1) is 0 Å². The number of aliphatic hydroxyl groups is 1. The molecule has 0 aliphatic rings. The van der Waals surface area contributed by atoms with Crippen LogP contribution in [0.3, 0.4) is 0 Å². The minimum absolute atomic E-state index is 0.409. The van der Waals surface area contributed by atoms with Crippen LogP contribution in [0.5, 0.6) is 0 Å². The molecule has 0 fully saturated rings. The molecule has 5 heteroatoms. The molecule has 1 N–H and O–H groups in total. The fourth-order valence-electron chi connectivity index (χ4n) is 2.35. The lowest BCUT2D eigenvalue weighted by Crippen LogP contribution is -2.08. The summed E-state index contributed by atoms with van der Waals surface area (Å²) in [7, 11) is 1.65. The molecule has 3 rings (SSSR count). The number of rotatable bonds is 2. The van der Waals surface area contributed by atoms with E-state index in [1.165, 1.54) is 4.57 Å². The quantitative estimate of drug-likeness (QED) is 0.773. The fraction of sp³-hybridized carbons (Fsp3) is 0.188. The van der Waals surface area contributed by atoms with Crippen molar-refractivity contribution in [3.05, 3.63) is 68.1 Å². The van der Waals surface area contributed by atoms with Crippen LogP contribution in [0, 0.1) is 6.92 Å². The van der Waals surface area contributed by atoms with Gasteiger partial charge in [-0.1, -0.05) is 34.1 Å². The Bertz CT molecular complexity index is 879. The van der Waals surface area contributed by atoms with Gasteiger partial charge in [0.2, 0.25) is 0 Å². The van der Waals surface area contributed by atoms with Gasteiger partial charge in [0, 0.05) is 11.5 Å². The van der Waals surface area contributed by atoms with Gasteiger partial charge in [0.05, 0.1) is 5.52 Å². The normalized spacial score (nSPS) is 12.8. The molecule has 0 amide bonds. The molecule has 108 valence electrons. The minimum atomic E-state index is -0.783. The number of benzene rings is 2. The first-order valence-corrected chi connectivity index (χ1v) is 7.30. The van der Waals surface area contributed by atoms with Crippen molar-refractivity contribution in [3.8, 4) is 0 Å². The molecular formula is C16H14BrNO3. The van der Waals surface area contributed by atoms with E-state index in [4.69, 9.17) is 4.42 Å². The summed E-state index contributed by atoms with van der Waals surface area (Å²) in [4.78, 5) is 11.5. The standard InChI is InChI=1S/C16H14BrNO3/c1-9-3-5-11(12(17)7-9)15(19)10-4-6-13-14(8-10)21-16(20)18(13)2/h3-8,15,19H,1-2H3. The molecule has 1 atom stereocenters. The summed E-state index contributed by atoms with van der Waals surface area (Å²) < 4.78 is 7.45. The topological polar surface area (TPSA) is 55.4 Å². The van der Waals surface area contributed by atoms with Gasteiger partial charge >= 0.3 is 5.76 Å². The first-order chi connectivity index (χ1) is 9.97. The number of aliphatic hydroxyl groups excluding tert-OH is 1. The van der Waals surface area contributed by atoms with E-state index in [2.05, 4.69) is 15.9 Å². The molecule has 3 aromatic rings. The molecule has 0 aliphatic carbocycles. The lowest BCUT2D eigenvalue weighted by atomic mass is 10.0. The molecule has 1 heterocycles. The van der Waals surface area contributed by atoms with Gasteiger partial charge in [-0.3, -0.25) is 4.57 Å². The van der Waals surface area contributed by atoms with Gasteiger partial charge in [0.15, 0.2) is 5.58 Å². The average Bonchev–Trinajstić information content (AvgIpc) is 2.73. The summed E-state index contributed by atoms with van der Waals surface area (Å²) in [5.74, 6) is -0.409. The maximum atomic E-state index is 11.5. The Labute approximate surface area is 129 Å². The van der Waals surface area contributed by atoms with E-state index in [1.54, 1.807) is 25.2 Å². The monoisotopic (exact) mass is 347 g/mol. The van der Waals surface area contributed by atoms with Crippen LogP contribution in [0.4, 0.5) is 0 Å². The molecule has 0 radical (unpaired) electrons. The fourth-order valence-corrected chi connectivity index (χ4v) is 3.06. The van der Waals surface area contributed by atoms with Gasteiger partial charge < -0.3 is 9.52 Å². The first kappa shape index (κ1) is 14.1. The molecule has 0 spiro atoms. The maximum Gasteiger partial charge on any atom is 0.419 e. The van der Waals surface area contributed by atoms with Crippen LogP contribution in [0.15, 0.2) is 50.1 Å². The van der Waals surface area contributed by atoms with Gasteiger partial charge in [-0.2, -0.15) is 0 Å². The molecule has 0 saturated carbocycles. The lowest BCUT2D eigenvalue weighted by molar-refractivity contribution is 0.219. The van der Waals surface area contributed by atoms with Crippen molar-refractivity contribution in [2.45, 2.75) is 13.0 Å². The molecule has 1 aromatic heterocycles. The van der Waals surface area contributed by atoms with Crippen molar-refractivity contribution in [2.24, 2.45) is 7.05 Å². The smallest absolute Gasteiger partial charge is 0.408 e. The zero-order valence-corrected chi connectivity index (χ0v) is 13.2. The zero-order valence-electron chi connectivity index (χ0n) is 11.6. The number of hydrogen-bond acceptors (Lipinski definition) is 3. The summed E-state index contributed by atoms with van der Waals surface area (Å²) >= 11 is 3.47. The number of halogens is 1. The van der Waals surface area contributed by atoms with E-state index < -0.39 is 11.9 Å². The molecule has 2 aromatic carbocycles. The van der Waals surface area contributed by atoms with Crippen LogP contribution in [-0.2, 0) is 7.05 Å². The molecular weight excluding hydrogens is 334 g/mol. The lowest BCUT2D eigenvalue weighted by Gasteiger charge is -2.13. The van der Waals surface area contributed by atoms with E-state index in [1.807, 2.05) is 25.1 Å². The highest BCUT2D eigenvalue weighted by Gasteiger charge is 2.16. The predicted molar refractivity (Wildman–Crippen MR) is 84.4 cm³/mol. The van der Waals surface area contributed by atoms with Crippen LogP contribution in [0.1, 0.15) is 22.8 Å². The van der Waals surface area contributed by atoms with Crippen molar-refractivity contribution in [1.82, 2.24) is 4.57 Å². The molecule has 4 nitrogen and oxygen atoms in total. The Kier molecular flexibility index (Phi) is 3.47. The third kappa shape index (κ3) is 2.43. The second kappa shape index (κ2) is 5.16. The van der Waals surface area contributed by atoms with Crippen molar-refractivity contribution < 1.29 is 9.52 Å². The number of hydrogen-bond donors (Lipinski definition) is 1. The van der Waals surface area contributed by atoms with E-state index in [0.29, 0.717) is 16.7 Å². The number of aryl methyl sites for hydroxylation is 2. The first-order valence-electron chi connectivity index (χ1n) is 6.51. The summed E-state index contributed by atoms with van der Waals surface area (Å²) in [5, 5.41) is 10.5. The van der Waals surface area contributed by atoms with Crippen LogP contribution < -0.4 is 5.76 Å². The molecule has 0 aliphatic heterocycles. The highest BCUT2D eigenvalue weighted by molar-refractivity contribution is 9.10. The van der Waals surface area contributed by atoms with Crippen LogP contribution in [-0.4, -0.2) is 9.67 Å². The number of aromatic nitrogens is 1. The Morgan fingerprint density at radius 1 is 1.24 bits per heavy atom. The van der Waals surface area contributed by atoms with Crippen molar-refractivity contribution in [2.75, 3.05) is 0 Å². The van der Waals surface area contributed by atoms with Crippen molar-refractivity contribution in [1.29, 1.82) is 0 Å². The SMILES string of the molecule is Cc1ccc(C(O)c2ccc3c(c2)oc(=O)n3C)c(Br)c1. The maximum absolute atomic E-state index is 11.5. The highest BCUT2D eigenvalue weighted by Crippen LogP contribution is 2.30. The number of fused-ring (bicyclic) bond motifs is 1. The van der Waals surface area contributed by atoms with Gasteiger partial charge in [0.1, 0.15) is 6.10 Å². The Morgan fingerprint density at radius 3 is 2.71 bits per heavy atom. The summed E-state index contributed by atoms with van der Waals surface area (Å²) in [6.07, 6.45) is -0.783.